The molecule has 1 aliphatic rings. The lowest BCUT2D eigenvalue weighted by molar-refractivity contribution is 0.161. The summed E-state index contributed by atoms with van der Waals surface area (Å²) in [7, 11) is 0. The molecule has 1 fully saturated rings. The Labute approximate surface area is 90.6 Å². The van der Waals surface area contributed by atoms with Gasteiger partial charge in [-0.1, -0.05) is 0 Å². The summed E-state index contributed by atoms with van der Waals surface area (Å²) in [5.41, 5.74) is 7.61. The topological polar surface area (TPSA) is 47.3 Å². The van der Waals surface area contributed by atoms with E-state index in [0.29, 0.717) is 6.10 Å². The molecule has 3 nitrogen and oxygen atoms in total. The van der Waals surface area contributed by atoms with Gasteiger partial charge in [0, 0.05) is 5.69 Å². The Morgan fingerprint density at radius 1 is 1.33 bits per heavy atom. The monoisotopic (exact) mass is 206 g/mol. The molecular formula is C12H18N2O. The minimum absolute atomic E-state index is 0.355. The molecule has 0 saturated carbocycles. The Bertz CT molecular complexity index is 332. The molecule has 0 spiro atoms. The van der Waals surface area contributed by atoms with E-state index in [2.05, 4.69) is 5.32 Å². The third-order valence-electron chi connectivity index (χ3n) is 2.78. The van der Waals surface area contributed by atoms with Crippen LogP contribution in [0.4, 0.5) is 5.69 Å². The van der Waals surface area contributed by atoms with Crippen molar-refractivity contribution in [2.24, 2.45) is 0 Å². The maximum atomic E-state index is 5.95. The number of hydrogen-bond acceptors (Lipinski definition) is 3. The number of nitrogen functional groups attached to an aromatic ring is 1. The SMILES string of the molecule is Cc1cc(N)ccc1OC1CCNCC1. The first kappa shape index (κ1) is 10.3. The number of aryl methyl sites for hydroxylation is 1. The number of rotatable bonds is 2. The molecule has 0 unspecified atom stereocenters. The van der Waals surface area contributed by atoms with E-state index < -0.39 is 0 Å². The second kappa shape index (κ2) is 4.53. The van der Waals surface area contributed by atoms with E-state index in [4.69, 9.17) is 10.5 Å². The molecule has 3 heteroatoms. The van der Waals surface area contributed by atoms with Crippen molar-refractivity contribution in [1.82, 2.24) is 5.32 Å². The highest BCUT2D eigenvalue weighted by Crippen LogP contribution is 2.23. The Balaban J connectivity index is 2.03. The second-order valence-corrected chi connectivity index (χ2v) is 4.09. The zero-order valence-corrected chi connectivity index (χ0v) is 9.12. The highest BCUT2D eigenvalue weighted by Gasteiger charge is 2.15. The molecule has 0 atom stereocenters. The fourth-order valence-electron chi connectivity index (χ4n) is 1.90. The number of anilines is 1. The van der Waals surface area contributed by atoms with E-state index in [1.165, 1.54) is 0 Å². The van der Waals surface area contributed by atoms with E-state index >= 15 is 0 Å². The fraction of sp³-hybridized carbons (Fsp3) is 0.500. The number of benzene rings is 1. The van der Waals surface area contributed by atoms with Gasteiger partial charge in [-0.15, -0.1) is 0 Å². The molecule has 0 radical (unpaired) electrons. The molecule has 0 aromatic heterocycles. The quantitative estimate of drug-likeness (QED) is 0.724. The van der Waals surface area contributed by atoms with Crippen LogP contribution in [0.3, 0.4) is 0 Å². The van der Waals surface area contributed by atoms with Gasteiger partial charge in [-0.25, -0.2) is 0 Å². The molecule has 3 N–H and O–H groups in total. The van der Waals surface area contributed by atoms with Crippen LogP contribution < -0.4 is 15.8 Å². The summed E-state index contributed by atoms with van der Waals surface area (Å²) >= 11 is 0. The Morgan fingerprint density at radius 2 is 2.07 bits per heavy atom. The summed E-state index contributed by atoms with van der Waals surface area (Å²) in [5, 5.41) is 3.32. The minimum Gasteiger partial charge on any atom is -0.490 e. The van der Waals surface area contributed by atoms with Crippen molar-refractivity contribution in [2.45, 2.75) is 25.9 Å². The van der Waals surface area contributed by atoms with Crippen molar-refractivity contribution in [3.8, 4) is 5.75 Å². The van der Waals surface area contributed by atoms with Crippen molar-refractivity contribution in [2.75, 3.05) is 18.8 Å². The summed E-state index contributed by atoms with van der Waals surface area (Å²) in [6.07, 6.45) is 2.53. The van der Waals surface area contributed by atoms with Crippen molar-refractivity contribution in [1.29, 1.82) is 0 Å². The van der Waals surface area contributed by atoms with Gasteiger partial charge in [0.25, 0.3) is 0 Å². The van der Waals surface area contributed by atoms with Crippen LogP contribution in [0, 0.1) is 6.92 Å². The lowest BCUT2D eigenvalue weighted by Gasteiger charge is -2.24. The maximum Gasteiger partial charge on any atom is 0.122 e. The van der Waals surface area contributed by atoms with Gasteiger partial charge in [0.05, 0.1) is 0 Å². The van der Waals surface area contributed by atoms with Crippen molar-refractivity contribution >= 4 is 5.69 Å². The van der Waals surface area contributed by atoms with Gasteiger partial charge in [-0.05, 0) is 56.6 Å². The van der Waals surface area contributed by atoms with Crippen molar-refractivity contribution in [3.63, 3.8) is 0 Å². The van der Waals surface area contributed by atoms with Crippen LogP contribution in [0.5, 0.6) is 5.75 Å². The molecule has 15 heavy (non-hydrogen) atoms. The van der Waals surface area contributed by atoms with E-state index in [1.807, 2.05) is 25.1 Å². The van der Waals surface area contributed by atoms with Gasteiger partial charge in [0.1, 0.15) is 11.9 Å². The number of nitrogens with one attached hydrogen (secondary N) is 1. The van der Waals surface area contributed by atoms with Crippen LogP contribution in [0.15, 0.2) is 18.2 Å². The highest BCUT2D eigenvalue weighted by atomic mass is 16.5. The maximum absolute atomic E-state index is 5.95. The van der Waals surface area contributed by atoms with Crippen LogP contribution in [0.25, 0.3) is 0 Å². The van der Waals surface area contributed by atoms with Gasteiger partial charge in [-0.2, -0.15) is 0 Å². The first-order valence-electron chi connectivity index (χ1n) is 5.49. The smallest absolute Gasteiger partial charge is 0.122 e. The van der Waals surface area contributed by atoms with Gasteiger partial charge in [-0.3, -0.25) is 0 Å². The first-order valence-corrected chi connectivity index (χ1v) is 5.49. The molecule has 0 aliphatic carbocycles. The molecule has 1 heterocycles. The van der Waals surface area contributed by atoms with Crippen molar-refractivity contribution < 1.29 is 4.74 Å². The van der Waals surface area contributed by atoms with Gasteiger partial charge < -0.3 is 15.8 Å². The van der Waals surface area contributed by atoms with Gasteiger partial charge in [0.2, 0.25) is 0 Å². The summed E-state index contributed by atoms with van der Waals surface area (Å²) in [6, 6.07) is 5.81. The predicted octanol–water partition coefficient (Wildman–Crippen LogP) is 1.71. The zero-order chi connectivity index (χ0) is 10.7. The van der Waals surface area contributed by atoms with Crippen LogP contribution in [0.1, 0.15) is 18.4 Å². The lowest BCUT2D eigenvalue weighted by Crippen LogP contribution is -2.34. The van der Waals surface area contributed by atoms with E-state index in [-0.39, 0.29) is 0 Å². The predicted molar refractivity (Wildman–Crippen MR) is 62.1 cm³/mol. The molecular weight excluding hydrogens is 188 g/mol. The number of ether oxygens (including phenoxy) is 1. The Morgan fingerprint density at radius 3 is 2.73 bits per heavy atom. The second-order valence-electron chi connectivity index (χ2n) is 4.09. The molecule has 1 saturated heterocycles. The fourth-order valence-corrected chi connectivity index (χ4v) is 1.90. The zero-order valence-electron chi connectivity index (χ0n) is 9.12. The molecule has 1 aromatic carbocycles. The Hall–Kier alpha value is -1.22. The summed E-state index contributed by atoms with van der Waals surface area (Å²) in [6.45, 7) is 4.14. The average Bonchev–Trinajstić information content (AvgIpc) is 2.24. The molecule has 2 rings (SSSR count). The lowest BCUT2D eigenvalue weighted by atomic mass is 10.1. The van der Waals surface area contributed by atoms with E-state index in [1.54, 1.807) is 0 Å². The van der Waals surface area contributed by atoms with Crippen LogP contribution >= 0.6 is 0 Å². The standard InChI is InChI=1S/C12H18N2O/c1-9-8-10(13)2-3-12(9)15-11-4-6-14-7-5-11/h2-3,8,11,14H,4-7,13H2,1H3. The number of nitrogens with two attached hydrogens (primary N) is 1. The van der Waals surface area contributed by atoms with Crippen molar-refractivity contribution in [3.05, 3.63) is 23.8 Å². The highest BCUT2D eigenvalue weighted by molar-refractivity contribution is 5.47. The average molecular weight is 206 g/mol. The largest absolute Gasteiger partial charge is 0.490 e. The first-order chi connectivity index (χ1) is 7.25. The summed E-state index contributed by atoms with van der Waals surface area (Å²) < 4.78 is 5.95. The Kier molecular flexibility index (Phi) is 3.11. The number of hydrogen-bond donors (Lipinski definition) is 2. The molecule has 82 valence electrons. The normalized spacial score (nSPS) is 17.7. The molecule has 0 bridgehead atoms. The molecule has 1 aliphatic heterocycles. The van der Waals surface area contributed by atoms with Crippen LogP contribution in [-0.4, -0.2) is 19.2 Å². The van der Waals surface area contributed by atoms with Crippen LogP contribution in [0.2, 0.25) is 0 Å². The van der Waals surface area contributed by atoms with Crippen LogP contribution in [-0.2, 0) is 0 Å². The minimum atomic E-state index is 0.355. The number of piperidine rings is 1. The summed E-state index contributed by atoms with van der Waals surface area (Å²) in [4.78, 5) is 0. The van der Waals surface area contributed by atoms with Gasteiger partial charge in [0.15, 0.2) is 0 Å². The third kappa shape index (κ3) is 2.63. The third-order valence-corrected chi connectivity index (χ3v) is 2.78. The van der Waals surface area contributed by atoms with E-state index in [9.17, 15) is 0 Å². The van der Waals surface area contributed by atoms with E-state index in [0.717, 1.165) is 42.9 Å². The molecule has 0 amide bonds. The summed E-state index contributed by atoms with van der Waals surface area (Å²) in [5.74, 6) is 0.969. The van der Waals surface area contributed by atoms with Gasteiger partial charge >= 0.3 is 0 Å². The molecule has 1 aromatic rings.